The smallest absolute Gasteiger partial charge is 0.279 e. The van der Waals surface area contributed by atoms with Gasteiger partial charge in [-0.1, -0.05) is 67.3 Å². The molecular weight excluding hydrogens is 664 g/mol. The molecule has 0 spiro atoms. The molecule has 0 radical (unpaired) electrons. The van der Waals surface area contributed by atoms with E-state index in [2.05, 4.69) is 31.9 Å². The second-order valence-electron chi connectivity index (χ2n) is 10.0. The van der Waals surface area contributed by atoms with Crippen molar-refractivity contribution in [3.05, 3.63) is 137 Å². The van der Waals surface area contributed by atoms with E-state index >= 15 is 0 Å². The highest BCUT2D eigenvalue weighted by Gasteiger charge is 2.27. The molecule has 0 aliphatic carbocycles. The lowest BCUT2D eigenvalue weighted by Gasteiger charge is -2.13. The van der Waals surface area contributed by atoms with Crippen LogP contribution in [0.1, 0.15) is 11.1 Å². The van der Waals surface area contributed by atoms with Gasteiger partial charge in [-0.05, 0) is 74.5 Å². The number of nitrogens with zero attached hydrogens (tertiary/aromatic N) is 4. The highest BCUT2D eigenvalue weighted by atomic mass is 79.9. The maximum absolute atomic E-state index is 12.2. The zero-order valence-electron chi connectivity index (χ0n) is 22.4. The van der Waals surface area contributed by atoms with Crippen LogP contribution in [-0.2, 0) is 0 Å². The largest absolute Gasteiger partial charge is 0.307 e. The third kappa shape index (κ3) is 4.82. The number of benzene rings is 4. The minimum Gasteiger partial charge on any atom is -0.307 e. The van der Waals surface area contributed by atoms with Gasteiger partial charge >= 0.3 is 0 Å². The van der Waals surface area contributed by atoms with Crippen LogP contribution in [0, 0.1) is 34.1 Å². The number of rotatable bonds is 6. The Morgan fingerprint density at radius 3 is 1.24 bits per heavy atom. The van der Waals surface area contributed by atoms with Crippen LogP contribution in [0.15, 0.2) is 106 Å². The minimum atomic E-state index is -0.387. The summed E-state index contributed by atoms with van der Waals surface area (Å²) >= 11 is 6.74. The fourth-order valence-corrected chi connectivity index (χ4v) is 5.94. The predicted molar refractivity (Wildman–Crippen MR) is 172 cm³/mol. The summed E-state index contributed by atoms with van der Waals surface area (Å²) in [7, 11) is 0. The van der Waals surface area contributed by atoms with E-state index in [0.717, 1.165) is 33.5 Å². The van der Waals surface area contributed by atoms with Gasteiger partial charge in [-0.25, -0.2) is 0 Å². The first-order chi connectivity index (χ1) is 20.1. The lowest BCUT2D eigenvalue weighted by atomic mass is 10.1. The topological polar surface area (TPSA) is 96.1 Å². The van der Waals surface area contributed by atoms with Gasteiger partial charge in [0.25, 0.3) is 11.4 Å². The van der Waals surface area contributed by atoms with Crippen LogP contribution in [0.4, 0.5) is 11.4 Å². The molecule has 0 N–H and O–H groups in total. The molecule has 0 amide bonds. The van der Waals surface area contributed by atoms with Gasteiger partial charge in [0.15, 0.2) is 0 Å². The fourth-order valence-electron chi connectivity index (χ4n) is 5.24. The highest BCUT2D eigenvalue weighted by Crippen LogP contribution is 2.43. The molecule has 0 fully saturated rings. The summed E-state index contributed by atoms with van der Waals surface area (Å²) in [6.07, 6.45) is 0. The Morgan fingerprint density at radius 1 is 0.548 bits per heavy atom. The molecule has 0 saturated carbocycles. The highest BCUT2D eigenvalue weighted by molar-refractivity contribution is 9.10. The third-order valence-electron chi connectivity index (χ3n) is 7.22. The van der Waals surface area contributed by atoms with E-state index in [4.69, 9.17) is 0 Å². The fraction of sp³-hybridized carbons (Fsp3) is 0.0625. The molecule has 208 valence electrons. The van der Waals surface area contributed by atoms with Gasteiger partial charge in [0.05, 0.1) is 43.4 Å². The average Bonchev–Trinajstić information content (AvgIpc) is 3.50. The van der Waals surface area contributed by atoms with Crippen molar-refractivity contribution >= 4 is 54.3 Å². The third-order valence-corrected chi connectivity index (χ3v) is 8.21. The Kier molecular flexibility index (Phi) is 7.04. The zero-order valence-corrected chi connectivity index (χ0v) is 25.6. The first kappa shape index (κ1) is 27.6. The monoisotopic (exact) mass is 684 g/mol. The summed E-state index contributed by atoms with van der Waals surface area (Å²) in [5, 5.41) is 24.4. The number of aromatic nitrogens is 2. The number of hydrogen-bond donors (Lipinski definition) is 0. The Labute approximate surface area is 257 Å². The summed E-state index contributed by atoms with van der Waals surface area (Å²) in [5.41, 5.74) is 7.33. The van der Waals surface area contributed by atoms with Crippen LogP contribution in [0.25, 0.3) is 44.9 Å². The summed E-state index contributed by atoms with van der Waals surface area (Å²) in [5.74, 6) is 0. The molecule has 2 heterocycles. The second-order valence-corrected chi connectivity index (χ2v) is 11.8. The van der Waals surface area contributed by atoms with Gasteiger partial charge in [-0.3, -0.25) is 20.2 Å². The van der Waals surface area contributed by atoms with Crippen molar-refractivity contribution in [2.45, 2.75) is 13.8 Å². The van der Waals surface area contributed by atoms with Crippen molar-refractivity contribution in [2.75, 3.05) is 0 Å². The molecule has 4 aromatic carbocycles. The van der Waals surface area contributed by atoms with Gasteiger partial charge in [-0.15, -0.1) is 0 Å². The normalized spacial score (nSPS) is 11.2. The van der Waals surface area contributed by atoms with Crippen molar-refractivity contribution in [3.8, 4) is 33.9 Å². The number of fused-ring (bicyclic) bond motifs is 1. The van der Waals surface area contributed by atoms with Crippen LogP contribution in [0.3, 0.4) is 0 Å². The summed E-state index contributed by atoms with van der Waals surface area (Å²) in [6, 6.07) is 29.7. The molecule has 42 heavy (non-hydrogen) atoms. The molecule has 10 heteroatoms. The molecule has 6 rings (SSSR count). The van der Waals surface area contributed by atoms with Crippen molar-refractivity contribution in [1.29, 1.82) is 0 Å². The predicted octanol–water partition coefficient (Wildman–Crippen LogP) is 9.71. The SMILES string of the molecule is Cc1ccc(-n2c(-c3ccc(Br)cc3[N+](=O)[O-])cc3c2cc(-c2ccc(Br)cc2[N+](=O)[O-])n3-c2ccc(C)cc2)cc1. The number of nitro benzene ring substituents is 2. The molecule has 6 aromatic rings. The summed E-state index contributed by atoms with van der Waals surface area (Å²) < 4.78 is 5.16. The number of aryl methyl sites for hydroxylation is 2. The van der Waals surface area contributed by atoms with Gasteiger partial charge in [0, 0.05) is 32.5 Å². The first-order valence-electron chi connectivity index (χ1n) is 12.9. The molecule has 2 aromatic heterocycles. The molecular formula is C32H22Br2N4O4. The Bertz CT molecular complexity index is 1880. The lowest BCUT2D eigenvalue weighted by Crippen LogP contribution is -2.00. The van der Waals surface area contributed by atoms with Crippen molar-refractivity contribution in [2.24, 2.45) is 0 Å². The van der Waals surface area contributed by atoms with E-state index in [9.17, 15) is 20.2 Å². The van der Waals surface area contributed by atoms with Crippen LogP contribution < -0.4 is 0 Å². The Hall–Kier alpha value is -4.54. The van der Waals surface area contributed by atoms with E-state index < -0.39 is 0 Å². The van der Waals surface area contributed by atoms with Crippen LogP contribution in [-0.4, -0.2) is 19.0 Å². The quantitative estimate of drug-likeness (QED) is 0.129. The van der Waals surface area contributed by atoms with E-state index in [-0.39, 0.29) is 21.2 Å². The Morgan fingerprint density at radius 2 is 0.905 bits per heavy atom. The van der Waals surface area contributed by atoms with E-state index in [0.29, 0.717) is 31.5 Å². The molecule has 8 nitrogen and oxygen atoms in total. The minimum absolute atomic E-state index is 0.0384. The van der Waals surface area contributed by atoms with E-state index in [1.165, 1.54) is 12.1 Å². The van der Waals surface area contributed by atoms with Crippen LogP contribution >= 0.6 is 31.9 Å². The van der Waals surface area contributed by atoms with Crippen LogP contribution in [0.5, 0.6) is 0 Å². The molecule has 0 aliphatic rings. The van der Waals surface area contributed by atoms with Gasteiger partial charge in [-0.2, -0.15) is 0 Å². The molecule has 0 bridgehead atoms. The molecule has 0 saturated heterocycles. The van der Waals surface area contributed by atoms with Gasteiger partial charge in [0.1, 0.15) is 0 Å². The summed E-state index contributed by atoms with van der Waals surface area (Å²) in [6.45, 7) is 3.99. The first-order valence-corrected chi connectivity index (χ1v) is 14.5. The van der Waals surface area contributed by atoms with E-state index in [1.54, 1.807) is 24.3 Å². The lowest BCUT2D eigenvalue weighted by molar-refractivity contribution is -0.384. The van der Waals surface area contributed by atoms with Crippen molar-refractivity contribution < 1.29 is 9.85 Å². The molecule has 0 aliphatic heterocycles. The zero-order chi connectivity index (χ0) is 29.7. The van der Waals surface area contributed by atoms with Crippen molar-refractivity contribution in [1.82, 2.24) is 9.13 Å². The van der Waals surface area contributed by atoms with Crippen molar-refractivity contribution in [3.63, 3.8) is 0 Å². The average molecular weight is 686 g/mol. The van der Waals surface area contributed by atoms with E-state index in [1.807, 2.05) is 83.6 Å². The molecule has 0 unspecified atom stereocenters. The van der Waals surface area contributed by atoms with Gasteiger partial charge in [0.2, 0.25) is 0 Å². The van der Waals surface area contributed by atoms with Gasteiger partial charge < -0.3 is 9.13 Å². The number of nitro groups is 2. The maximum atomic E-state index is 12.2. The second kappa shape index (κ2) is 10.7. The standard InChI is InChI=1S/C32H22Br2N4O4/c1-19-3-9-23(10-4-19)35-27(25-13-7-21(33)15-29(25)37(39)40)17-32-31(35)18-28(36(32)24-11-5-20(2)6-12-24)26-14-8-22(34)16-30(26)38(41)42/h3-18H,1-2H3. The summed E-state index contributed by atoms with van der Waals surface area (Å²) in [4.78, 5) is 23.6. The maximum Gasteiger partial charge on any atom is 0.279 e. The number of halogens is 2. The number of hydrogen-bond acceptors (Lipinski definition) is 4. The molecule has 0 atom stereocenters. The van der Waals surface area contributed by atoms with Crippen LogP contribution in [0.2, 0.25) is 0 Å². The Balaban J connectivity index is 1.76.